The van der Waals surface area contributed by atoms with Gasteiger partial charge in [-0.1, -0.05) is 18.5 Å². The molecule has 0 radical (unpaired) electrons. The lowest BCUT2D eigenvalue weighted by molar-refractivity contribution is 0.0702. The molecule has 0 spiro atoms. The summed E-state index contributed by atoms with van der Waals surface area (Å²) in [6, 6.07) is 4.31. The van der Waals surface area contributed by atoms with Crippen molar-refractivity contribution in [1.82, 2.24) is 4.72 Å². The normalized spacial score (nSPS) is 11.7. The number of nitrogens with one attached hydrogen (secondary N) is 1. The van der Waals surface area contributed by atoms with Crippen molar-refractivity contribution in [3.05, 3.63) is 38.7 Å². The maximum atomic E-state index is 12.0. The Labute approximate surface area is 130 Å². The van der Waals surface area contributed by atoms with Crippen LogP contribution in [0.4, 0.5) is 0 Å². The molecule has 2 rings (SSSR count). The van der Waals surface area contributed by atoms with Gasteiger partial charge in [0.05, 0.1) is 4.34 Å². The van der Waals surface area contributed by atoms with Gasteiger partial charge in [-0.2, -0.15) is 0 Å². The molecule has 2 N–H and O–H groups in total. The monoisotopic (exact) mass is 349 g/mol. The van der Waals surface area contributed by atoms with E-state index in [1.165, 1.54) is 12.1 Å². The standard InChI is InChI=1S/C12H12ClNO5S2/c1-2-8-3-4-10(19-8)21(17,18)14-6-7-5-9(12(15)16)20-11(7)13/h3-5,14H,2,6H2,1H3,(H,15,16). The molecule has 2 aromatic rings. The van der Waals surface area contributed by atoms with E-state index < -0.39 is 16.0 Å². The van der Waals surface area contributed by atoms with Crippen LogP contribution in [-0.4, -0.2) is 19.5 Å². The molecule has 0 bridgehead atoms. The quantitative estimate of drug-likeness (QED) is 0.835. The molecule has 21 heavy (non-hydrogen) atoms. The Balaban J connectivity index is 2.13. The van der Waals surface area contributed by atoms with Crippen molar-refractivity contribution in [3.63, 3.8) is 0 Å². The fourth-order valence-electron chi connectivity index (χ4n) is 1.57. The second-order valence-electron chi connectivity index (χ2n) is 4.11. The lowest BCUT2D eigenvalue weighted by atomic mass is 10.3. The summed E-state index contributed by atoms with van der Waals surface area (Å²) < 4.78 is 31.8. The highest BCUT2D eigenvalue weighted by molar-refractivity contribution is 7.89. The van der Waals surface area contributed by atoms with Gasteiger partial charge >= 0.3 is 5.97 Å². The van der Waals surface area contributed by atoms with Crippen molar-refractivity contribution in [2.75, 3.05) is 0 Å². The number of thiophene rings is 1. The summed E-state index contributed by atoms with van der Waals surface area (Å²) in [5, 5.41) is 8.68. The molecule has 9 heteroatoms. The van der Waals surface area contributed by atoms with E-state index in [2.05, 4.69) is 4.72 Å². The zero-order valence-corrected chi connectivity index (χ0v) is 13.3. The van der Waals surface area contributed by atoms with E-state index in [1.807, 2.05) is 6.92 Å². The first-order chi connectivity index (χ1) is 9.83. The first-order valence-electron chi connectivity index (χ1n) is 5.93. The summed E-state index contributed by atoms with van der Waals surface area (Å²) in [5.41, 5.74) is 0.407. The van der Waals surface area contributed by atoms with Gasteiger partial charge in [0.15, 0.2) is 0 Å². The first-order valence-corrected chi connectivity index (χ1v) is 8.61. The van der Waals surface area contributed by atoms with Gasteiger partial charge < -0.3 is 9.52 Å². The summed E-state index contributed by atoms with van der Waals surface area (Å²) in [7, 11) is -3.79. The summed E-state index contributed by atoms with van der Waals surface area (Å²) in [6.07, 6.45) is 0.591. The van der Waals surface area contributed by atoms with Crippen LogP contribution in [0.1, 0.15) is 27.9 Å². The van der Waals surface area contributed by atoms with Crippen LogP contribution in [0.15, 0.2) is 27.7 Å². The molecule has 0 atom stereocenters. The summed E-state index contributed by atoms with van der Waals surface area (Å²) >= 11 is 6.77. The summed E-state index contributed by atoms with van der Waals surface area (Å²) in [6.45, 7) is 1.74. The Morgan fingerprint density at radius 1 is 1.48 bits per heavy atom. The number of carboxylic acid groups (broad SMARTS) is 1. The maximum absolute atomic E-state index is 12.0. The maximum Gasteiger partial charge on any atom is 0.345 e. The molecule has 0 aliphatic rings. The van der Waals surface area contributed by atoms with Crippen LogP contribution in [0.25, 0.3) is 0 Å². The number of aromatic carboxylic acids is 1. The third kappa shape index (κ3) is 3.65. The number of halogens is 1. The van der Waals surface area contributed by atoms with Gasteiger partial charge in [0.2, 0.25) is 5.09 Å². The predicted octanol–water partition coefficient (Wildman–Crippen LogP) is 2.73. The van der Waals surface area contributed by atoms with E-state index in [0.717, 1.165) is 11.3 Å². The molecule has 0 fully saturated rings. The molecule has 0 saturated heterocycles. The Bertz CT molecular complexity index is 762. The van der Waals surface area contributed by atoms with Crippen LogP contribution in [-0.2, 0) is 23.0 Å². The van der Waals surface area contributed by atoms with Crippen LogP contribution in [0.2, 0.25) is 4.34 Å². The van der Waals surface area contributed by atoms with E-state index in [4.69, 9.17) is 21.1 Å². The Hall–Kier alpha value is -1.35. The molecule has 0 aliphatic heterocycles. The number of carboxylic acids is 1. The molecular weight excluding hydrogens is 338 g/mol. The van der Waals surface area contributed by atoms with Crippen molar-refractivity contribution in [1.29, 1.82) is 0 Å². The number of rotatable bonds is 6. The lowest BCUT2D eigenvalue weighted by Crippen LogP contribution is -2.22. The number of sulfonamides is 1. The van der Waals surface area contributed by atoms with Gasteiger partial charge in [-0.25, -0.2) is 17.9 Å². The average Bonchev–Trinajstić information content (AvgIpc) is 3.03. The molecular formula is C12H12ClNO5S2. The van der Waals surface area contributed by atoms with E-state index in [-0.39, 0.29) is 20.9 Å². The van der Waals surface area contributed by atoms with Gasteiger partial charge in [0, 0.05) is 13.0 Å². The van der Waals surface area contributed by atoms with Crippen molar-refractivity contribution >= 4 is 38.9 Å². The average molecular weight is 350 g/mol. The van der Waals surface area contributed by atoms with Crippen molar-refractivity contribution in [3.8, 4) is 0 Å². The second kappa shape index (κ2) is 6.18. The molecule has 2 heterocycles. The van der Waals surface area contributed by atoms with E-state index in [1.54, 1.807) is 6.07 Å². The molecule has 0 amide bonds. The molecule has 114 valence electrons. The van der Waals surface area contributed by atoms with Crippen LogP contribution in [0.5, 0.6) is 0 Å². The lowest BCUT2D eigenvalue weighted by Gasteiger charge is -2.03. The van der Waals surface area contributed by atoms with Gasteiger partial charge in [0.25, 0.3) is 10.0 Å². The Morgan fingerprint density at radius 3 is 2.71 bits per heavy atom. The number of aryl methyl sites for hydroxylation is 1. The van der Waals surface area contributed by atoms with Gasteiger partial charge in [-0.15, -0.1) is 11.3 Å². The number of furan rings is 1. The van der Waals surface area contributed by atoms with Crippen LogP contribution < -0.4 is 4.72 Å². The third-order valence-corrected chi connectivity index (χ3v) is 5.37. The summed E-state index contributed by atoms with van der Waals surface area (Å²) in [5.74, 6) is -0.535. The SMILES string of the molecule is CCc1ccc(S(=O)(=O)NCc2cc(C(=O)O)sc2Cl)o1. The highest BCUT2D eigenvalue weighted by atomic mass is 35.5. The molecule has 2 aromatic heterocycles. The predicted molar refractivity (Wildman–Crippen MR) is 78.4 cm³/mol. The fourth-order valence-corrected chi connectivity index (χ4v) is 3.64. The molecule has 0 aromatic carbocycles. The highest BCUT2D eigenvalue weighted by Crippen LogP contribution is 2.28. The molecule has 0 saturated carbocycles. The number of carbonyl (C=O) groups is 1. The molecule has 6 nitrogen and oxygen atoms in total. The number of hydrogen-bond donors (Lipinski definition) is 2. The minimum atomic E-state index is -3.79. The second-order valence-corrected chi connectivity index (χ2v) is 7.47. The van der Waals surface area contributed by atoms with Crippen LogP contribution in [0.3, 0.4) is 0 Å². The van der Waals surface area contributed by atoms with Crippen molar-refractivity contribution in [2.45, 2.75) is 25.0 Å². The largest absolute Gasteiger partial charge is 0.477 e. The summed E-state index contributed by atoms with van der Waals surface area (Å²) in [4.78, 5) is 10.9. The third-order valence-electron chi connectivity index (χ3n) is 2.67. The molecule has 0 aliphatic carbocycles. The number of hydrogen-bond acceptors (Lipinski definition) is 5. The van der Waals surface area contributed by atoms with E-state index in [9.17, 15) is 13.2 Å². The van der Waals surface area contributed by atoms with Gasteiger partial charge in [-0.05, 0) is 23.8 Å². The smallest absolute Gasteiger partial charge is 0.345 e. The fraction of sp³-hybridized carbons (Fsp3) is 0.250. The van der Waals surface area contributed by atoms with Crippen molar-refractivity contribution < 1.29 is 22.7 Å². The van der Waals surface area contributed by atoms with Gasteiger partial charge in [-0.3, -0.25) is 0 Å². The Morgan fingerprint density at radius 2 is 2.19 bits per heavy atom. The zero-order chi connectivity index (χ0) is 15.6. The van der Waals surface area contributed by atoms with E-state index in [0.29, 0.717) is 17.7 Å². The van der Waals surface area contributed by atoms with Crippen LogP contribution >= 0.6 is 22.9 Å². The Kier molecular flexibility index (Phi) is 4.72. The van der Waals surface area contributed by atoms with Crippen LogP contribution in [0, 0.1) is 0 Å². The topological polar surface area (TPSA) is 96.6 Å². The highest BCUT2D eigenvalue weighted by Gasteiger charge is 2.20. The minimum absolute atomic E-state index is 0.0560. The first kappa shape index (κ1) is 16.0. The van der Waals surface area contributed by atoms with Crippen molar-refractivity contribution in [2.24, 2.45) is 0 Å². The minimum Gasteiger partial charge on any atom is -0.477 e. The molecule has 0 unspecified atom stereocenters. The zero-order valence-electron chi connectivity index (χ0n) is 10.9. The van der Waals surface area contributed by atoms with Gasteiger partial charge in [0.1, 0.15) is 10.6 Å². The van der Waals surface area contributed by atoms with E-state index >= 15 is 0 Å².